The van der Waals surface area contributed by atoms with Crippen LogP contribution in [0, 0.1) is 11.7 Å². The zero-order chi connectivity index (χ0) is 28.4. The highest BCUT2D eigenvalue weighted by Gasteiger charge is 2.46. The lowest BCUT2D eigenvalue weighted by molar-refractivity contribution is 0.0122. The fourth-order valence-electron chi connectivity index (χ4n) is 6.09. The molecule has 3 heterocycles. The Kier molecular flexibility index (Phi) is 6.84. The number of fused-ring (bicyclic) bond motifs is 3. The highest BCUT2D eigenvalue weighted by atomic mass is 35.5. The number of carbonyl (C=O) groups is 1. The van der Waals surface area contributed by atoms with E-state index in [0.717, 1.165) is 48.7 Å². The normalized spacial score (nSPS) is 21.7. The lowest BCUT2D eigenvalue weighted by Crippen LogP contribution is -2.38. The van der Waals surface area contributed by atoms with Crippen molar-refractivity contribution in [1.82, 2.24) is 10.1 Å². The Labute approximate surface area is 249 Å². The van der Waals surface area contributed by atoms with E-state index in [1.54, 1.807) is 25.3 Å². The number of benzene rings is 2. The molecule has 2 bridgehead atoms. The number of hydrogen-bond acceptors (Lipinski definition) is 9. The van der Waals surface area contributed by atoms with Gasteiger partial charge in [0.15, 0.2) is 10.9 Å². The lowest BCUT2D eigenvalue weighted by Gasteiger charge is -2.31. The quantitative estimate of drug-likeness (QED) is 0.191. The minimum Gasteiger partial charge on any atom is -0.497 e. The first-order chi connectivity index (χ1) is 19.8. The molecule has 2 aromatic carbocycles. The van der Waals surface area contributed by atoms with Gasteiger partial charge < -0.3 is 23.6 Å². The number of hydrogen-bond donors (Lipinski definition) is 0. The van der Waals surface area contributed by atoms with E-state index in [-0.39, 0.29) is 23.2 Å². The second kappa shape index (κ2) is 10.4. The van der Waals surface area contributed by atoms with Gasteiger partial charge in [-0.2, -0.15) is 0 Å². The second-order valence-electron chi connectivity index (χ2n) is 10.8. The molecule has 2 aromatic heterocycles. The van der Waals surface area contributed by atoms with Gasteiger partial charge >= 0.3 is 5.97 Å². The molecule has 8 nitrogen and oxygen atoms in total. The highest BCUT2D eigenvalue weighted by molar-refractivity contribution is 7.22. The number of methoxy groups -OCH3 is 2. The van der Waals surface area contributed by atoms with Gasteiger partial charge in [-0.25, -0.2) is 14.2 Å². The van der Waals surface area contributed by atoms with Crippen LogP contribution in [0.25, 0.3) is 21.5 Å². The van der Waals surface area contributed by atoms with Crippen molar-refractivity contribution in [3.63, 3.8) is 0 Å². The van der Waals surface area contributed by atoms with Crippen LogP contribution in [-0.4, -0.2) is 49.0 Å². The zero-order valence-electron chi connectivity index (χ0n) is 22.3. The number of rotatable bonds is 8. The zero-order valence-corrected chi connectivity index (χ0v) is 24.6. The number of aromatic nitrogens is 2. The van der Waals surface area contributed by atoms with Crippen molar-refractivity contribution in [3.8, 4) is 17.0 Å². The molecule has 214 valence electrons. The van der Waals surface area contributed by atoms with E-state index in [1.807, 2.05) is 0 Å². The van der Waals surface area contributed by atoms with Crippen molar-refractivity contribution >= 4 is 55.9 Å². The predicted molar refractivity (Wildman–Crippen MR) is 154 cm³/mol. The molecule has 4 aromatic rings. The molecule has 12 heteroatoms. The van der Waals surface area contributed by atoms with Gasteiger partial charge in [-0.15, -0.1) is 0 Å². The second-order valence-corrected chi connectivity index (χ2v) is 12.6. The van der Waals surface area contributed by atoms with Crippen LogP contribution >= 0.6 is 34.5 Å². The minimum atomic E-state index is -0.571. The molecule has 41 heavy (non-hydrogen) atoms. The van der Waals surface area contributed by atoms with Crippen LogP contribution in [0.3, 0.4) is 0 Å². The molecule has 1 saturated heterocycles. The summed E-state index contributed by atoms with van der Waals surface area (Å²) in [5.74, 6) is 0.959. The Morgan fingerprint density at radius 3 is 2.61 bits per heavy atom. The predicted octanol–water partition coefficient (Wildman–Crippen LogP) is 7.25. The summed E-state index contributed by atoms with van der Waals surface area (Å²) in [6.07, 6.45) is 3.97. The Balaban J connectivity index is 1.09. The monoisotopic (exact) mass is 617 g/mol. The molecule has 3 fully saturated rings. The molecule has 0 amide bonds. The van der Waals surface area contributed by atoms with Gasteiger partial charge in [-0.3, -0.25) is 0 Å². The summed E-state index contributed by atoms with van der Waals surface area (Å²) in [5.41, 5.74) is 2.57. The van der Waals surface area contributed by atoms with E-state index >= 15 is 0 Å². The summed E-state index contributed by atoms with van der Waals surface area (Å²) in [5, 5.41) is 6.01. The van der Waals surface area contributed by atoms with Gasteiger partial charge in [0.25, 0.3) is 0 Å². The summed E-state index contributed by atoms with van der Waals surface area (Å²) in [6, 6.07) is 6.49. The van der Waals surface area contributed by atoms with Gasteiger partial charge in [0, 0.05) is 35.5 Å². The molecule has 0 unspecified atom stereocenters. The molecule has 2 saturated carbocycles. The van der Waals surface area contributed by atoms with E-state index in [9.17, 15) is 9.18 Å². The van der Waals surface area contributed by atoms with Crippen molar-refractivity contribution in [3.05, 3.63) is 57.0 Å². The minimum absolute atomic E-state index is 0.0601. The molecule has 0 spiro atoms. The Hall–Kier alpha value is -2.92. The number of carbonyl (C=O) groups excluding carboxylic acids is 1. The SMILES string of the molecule is COC(=O)c1cc(F)c2nc(N3C[C@@H]4C[C@H]3C[C@H]4OCc3c(-c4c(Cl)cc(OC)cc4Cl)noc3C3CC3)sc2c1. The highest BCUT2D eigenvalue weighted by Crippen LogP contribution is 2.48. The van der Waals surface area contributed by atoms with E-state index < -0.39 is 11.8 Å². The third-order valence-electron chi connectivity index (χ3n) is 8.28. The summed E-state index contributed by atoms with van der Waals surface area (Å²) in [4.78, 5) is 18.7. The van der Waals surface area contributed by atoms with Crippen LogP contribution in [0.4, 0.5) is 9.52 Å². The first-order valence-electron chi connectivity index (χ1n) is 13.4. The maximum Gasteiger partial charge on any atom is 0.338 e. The van der Waals surface area contributed by atoms with Crippen LogP contribution in [0.2, 0.25) is 10.0 Å². The Bertz CT molecular complexity index is 1650. The molecule has 2 aliphatic carbocycles. The molecule has 3 atom stereocenters. The number of ether oxygens (including phenoxy) is 3. The van der Waals surface area contributed by atoms with E-state index in [4.69, 9.17) is 41.9 Å². The first kappa shape index (κ1) is 26.9. The van der Waals surface area contributed by atoms with Gasteiger partial charge in [0.1, 0.15) is 22.7 Å². The van der Waals surface area contributed by atoms with Gasteiger partial charge in [0.05, 0.1) is 47.2 Å². The van der Waals surface area contributed by atoms with Crippen LogP contribution in [-0.2, 0) is 16.1 Å². The average molecular weight is 619 g/mol. The van der Waals surface area contributed by atoms with Crippen LogP contribution < -0.4 is 9.64 Å². The molecule has 0 N–H and O–H groups in total. The van der Waals surface area contributed by atoms with Gasteiger partial charge in [-0.05, 0) is 49.9 Å². The lowest BCUT2D eigenvalue weighted by atomic mass is 10.0. The number of nitrogens with zero attached hydrogens (tertiary/aromatic N) is 3. The summed E-state index contributed by atoms with van der Waals surface area (Å²) in [6.45, 7) is 1.11. The number of halogens is 3. The van der Waals surface area contributed by atoms with Crippen molar-refractivity contribution < 1.29 is 27.9 Å². The molecular formula is C29H26Cl2FN3O5S. The van der Waals surface area contributed by atoms with Crippen molar-refractivity contribution in [2.24, 2.45) is 5.92 Å². The summed E-state index contributed by atoms with van der Waals surface area (Å²) in [7, 11) is 2.84. The number of esters is 1. The van der Waals surface area contributed by atoms with Gasteiger partial charge in [-0.1, -0.05) is 39.7 Å². The fraction of sp³-hybridized carbons (Fsp3) is 0.414. The Morgan fingerprint density at radius 1 is 1.17 bits per heavy atom. The van der Waals surface area contributed by atoms with Gasteiger partial charge in [0.2, 0.25) is 0 Å². The smallest absolute Gasteiger partial charge is 0.338 e. The topological polar surface area (TPSA) is 86.9 Å². The number of anilines is 1. The van der Waals surface area contributed by atoms with E-state index in [2.05, 4.69) is 15.0 Å². The Morgan fingerprint density at radius 2 is 1.95 bits per heavy atom. The summed E-state index contributed by atoms with van der Waals surface area (Å²) >= 11 is 14.6. The average Bonchev–Trinajstić information content (AvgIpc) is 3.28. The maximum atomic E-state index is 14.7. The van der Waals surface area contributed by atoms with E-state index in [0.29, 0.717) is 50.2 Å². The fourth-order valence-corrected chi connectivity index (χ4v) is 7.84. The molecule has 7 rings (SSSR count). The number of thiazole rings is 1. The molecule has 1 aliphatic heterocycles. The standard InChI is InChI=1S/C29H26Cl2FN3O5S/c1-37-17-9-19(30)24(20(31)10-17)25-18(27(40-34-25)13-3-4-13)12-39-22-8-16-5-15(22)11-35(16)29-33-26-21(32)6-14(28(36)38-2)7-23(26)41-29/h6-7,9-10,13,15-16,22H,3-5,8,11-12H2,1-2H3/t15-,16-,22+/m0/s1. The van der Waals surface area contributed by atoms with Crippen LogP contribution in [0.1, 0.15) is 53.3 Å². The maximum absolute atomic E-state index is 14.7. The van der Waals surface area contributed by atoms with Crippen LogP contribution in [0.5, 0.6) is 5.75 Å². The molecular weight excluding hydrogens is 592 g/mol. The third kappa shape index (κ3) is 4.74. The van der Waals surface area contributed by atoms with E-state index in [1.165, 1.54) is 24.5 Å². The van der Waals surface area contributed by atoms with Crippen LogP contribution in [0.15, 0.2) is 28.8 Å². The van der Waals surface area contributed by atoms with Crippen molar-refractivity contribution in [2.75, 3.05) is 25.7 Å². The van der Waals surface area contributed by atoms with Crippen molar-refractivity contribution in [1.29, 1.82) is 0 Å². The summed E-state index contributed by atoms with van der Waals surface area (Å²) < 4.78 is 37.7. The van der Waals surface area contributed by atoms with Crippen molar-refractivity contribution in [2.45, 2.75) is 50.4 Å². The number of piperidine rings is 1. The third-order valence-corrected chi connectivity index (χ3v) is 9.91. The largest absolute Gasteiger partial charge is 0.497 e. The molecule has 0 radical (unpaired) electrons. The molecule has 3 aliphatic rings. The first-order valence-corrected chi connectivity index (χ1v) is 15.0.